The molecule has 1 N–H and O–H groups in total. The fourth-order valence-corrected chi connectivity index (χ4v) is 4.88. The van der Waals surface area contributed by atoms with Crippen molar-refractivity contribution in [3.63, 3.8) is 0 Å². The minimum atomic E-state index is -0.591. The largest absolute Gasteiger partial charge is 0.389 e. The molecule has 0 bridgehead atoms. The Morgan fingerprint density at radius 1 is 0.875 bits per heavy atom. The summed E-state index contributed by atoms with van der Waals surface area (Å²) in [5.74, 6) is 0.958. The minimum Gasteiger partial charge on any atom is -0.389 e. The van der Waals surface area contributed by atoms with E-state index < -0.39 is 6.10 Å². The predicted octanol–water partition coefficient (Wildman–Crippen LogP) is 5.91. The molecule has 0 saturated heterocycles. The van der Waals surface area contributed by atoms with Gasteiger partial charge in [-0.05, 0) is 43.2 Å². The van der Waals surface area contributed by atoms with Gasteiger partial charge in [-0.3, -0.25) is 0 Å². The number of aliphatic hydroxyl groups is 1. The van der Waals surface area contributed by atoms with Crippen LogP contribution in [0, 0.1) is 13.8 Å². The van der Waals surface area contributed by atoms with Crippen LogP contribution < -0.4 is 0 Å². The number of aryl methyl sites for hydroxylation is 1. The van der Waals surface area contributed by atoms with Crippen molar-refractivity contribution in [2.75, 3.05) is 0 Å². The van der Waals surface area contributed by atoms with Crippen LogP contribution in [0.25, 0.3) is 21.9 Å². The van der Waals surface area contributed by atoms with Gasteiger partial charge in [0.25, 0.3) is 0 Å². The van der Waals surface area contributed by atoms with Gasteiger partial charge in [0.1, 0.15) is 5.82 Å². The topological polar surface area (TPSA) is 43.0 Å². The summed E-state index contributed by atoms with van der Waals surface area (Å²) in [6.45, 7) is 5.13. The second kappa shape index (κ2) is 8.45. The van der Waals surface area contributed by atoms with Crippen LogP contribution in [-0.4, -0.2) is 25.3 Å². The molecule has 0 aliphatic carbocycles. The first kappa shape index (κ1) is 20.8. The smallest absolute Gasteiger partial charge is 0.114 e. The number of halogens is 1. The maximum Gasteiger partial charge on any atom is 0.114 e. The Morgan fingerprint density at radius 3 is 2.41 bits per heavy atom. The van der Waals surface area contributed by atoms with Gasteiger partial charge in [0.05, 0.1) is 40.8 Å². The number of rotatable bonds is 6. The summed E-state index contributed by atoms with van der Waals surface area (Å²) < 4.78 is 4.30. The summed E-state index contributed by atoms with van der Waals surface area (Å²) in [7, 11) is 0. The van der Waals surface area contributed by atoms with E-state index in [-0.39, 0.29) is 0 Å². The Bertz CT molecular complexity index is 1400. The standard InChI is InChI=1S/C27H26ClN3O/c1-18-19(2)30(27-22(18)11-8-12-23(27)28)16-21(32)17-31-25-14-7-6-13-24(25)29-26(31)15-20-9-4-3-5-10-20/h3-14,21,32H,15-17H2,1-2H3/t21-/m0/s1. The highest BCUT2D eigenvalue weighted by molar-refractivity contribution is 6.35. The summed E-state index contributed by atoms with van der Waals surface area (Å²) in [6.07, 6.45) is 0.130. The van der Waals surface area contributed by atoms with Crippen molar-refractivity contribution in [3.8, 4) is 0 Å². The number of hydrogen-bond donors (Lipinski definition) is 1. The van der Waals surface area contributed by atoms with E-state index in [1.165, 1.54) is 11.1 Å². The Hall–Kier alpha value is -3.08. The first-order chi connectivity index (χ1) is 15.5. The van der Waals surface area contributed by atoms with Gasteiger partial charge in [-0.15, -0.1) is 0 Å². The Morgan fingerprint density at radius 2 is 1.59 bits per heavy atom. The molecule has 162 valence electrons. The molecular formula is C27H26ClN3O. The number of para-hydroxylation sites is 3. The predicted molar refractivity (Wildman–Crippen MR) is 131 cm³/mol. The van der Waals surface area contributed by atoms with Gasteiger partial charge in [0, 0.05) is 17.5 Å². The summed E-state index contributed by atoms with van der Waals surface area (Å²) >= 11 is 6.55. The third kappa shape index (κ3) is 3.70. The van der Waals surface area contributed by atoms with Gasteiger partial charge >= 0.3 is 0 Å². The molecule has 0 amide bonds. The summed E-state index contributed by atoms with van der Waals surface area (Å²) in [5, 5.41) is 13.0. The molecule has 0 fully saturated rings. The Labute approximate surface area is 192 Å². The van der Waals surface area contributed by atoms with Crippen molar-refractivity contribution in [2.24, 2.45) is 0 Å². The van der Waals surface area contributed by atoms with E-state index in [4.69, 9.17) is 16.6 Å². The van der Waals surface area contributed by atoms with E-state index >= 15 is 0 Å². The highest BCUT2D eigenvalue weighted by Gasteiger charge is 2.19. The number of imidazole rings is 1. The molecular weight excluding hydrogens is 418 g/mol. The van der Waals surface area contributed by atoms with Crippen LogP contribution in [0.15, 0.2) is 72.8 Å². The molecule has 5 aromatic rings. The maximum absolute atomic E-state index is 11.2. The van der Waals surface area contributed by atoms with E-state index in [1.54, 1.807) is 0 Å². The first-order valence-corrected chi connectivity index (χ1v) is 11.3. The van der Waals surface area contributed by atoms with E-state index in [9.17, 15) is 5.11 Å². The molecule has 0 saturated carbocycles. The van der Waals surface area contributed by atoms with Crippen LogP contribution >= 0.6 is 11.6 Å². The van der Waals surface area contributed by atoms with Gasteiger partial charge in [-0.1, -0.05) is 66.2 Å². The van der Waals surface area contributed by atoms with E-state index in [1.807, 2.05) is 48.5 Å². The van der Waals surface area contributed by atoms with E-state index in [0.29, 0.717) is 18.1 Å². The highest BCUT2D eigenvalue weighted by atomic mass is 35.5. The van der Waals surface area contributed by atoms with Gasteiger partial charge in [0.2, 0.25) is 0 Å². The molecule has 0 spiro atoms. The van der Waals surface area contributed by atoms with Crippen LogP contribution in [-0.2, 0) is 19.5 Å². The van der Waals surface area contributed by atoms with Gasteiger partial charge in [0.15, 0.2) is 0 Å². The van der Waals surface area contributed by atoms with Gasteiger partial charge < -0.3 is 14.2 Å². The number of fused-ring (bicyclic) bond motifs is 2. The maximum atomic E-state index is 11.2. The first-order valence-electron chi connectivity index (χ1n) is 10.9. The highest BCUT2D eigenvalue weighted by Crippen LogP contribution is 2.31. The third-order valence-corrected chi connectivity index (χ3v) is 6.64. The van der Waals surface area contributed by atoms with Crippen LogP contribution in [0.2, 0.25) is 5.02 Å². The Kier molecular flexibility index (Phi) is 5.50. The summed E-state index contributed by atoms with van der Waals surface area (Å²) in [6, 6.07) is 24.4. The molecule has 2 heterocycles. The molecule has 0 aliphatic heterocycles. The number of hydrogen-bond acceptors (Lipinski definition) is 2. The lowest BCUT2D eigenvalue weighted by Gasteiger charge is -2.18. The zero-order chi connectivity index (χ0) is 22.2. The molecule has 3 aromatic carbocycles. The number of aromatic nitrogens is 3. The number of nitrogens with zero attached hydrogens (tertiary/aromatic N) is 3. The minimum absolute atomic E-state index is 0.464. The number of aliphatic hydroxyl groups excluding tert-OH is 1. The molecule has 0 unspecified atom stereocenters. The van der Waals surface area contributed by atoms with Crippen molar-refractivity contribution in [1.29, 1.82) is 0 Å². The second-order valence-electron chi connectivity index (χ2n) is 8.40. The summed E-state index contributed by atoms with van der Waals surface area (Å²) in [5.41, 5.74) is 6.52. The fraction of sp³-hybridized carbons (Fsp3) is 0.222. The average molecular weight is 444 g/mol. The van der Waals surface area contributed by atoms with Gasteiger partial charge in [-0.2, -0.15) is 0 Å². The second-order valence-corrected chi connectivity index (χ2v) is 8.81. The van der Waals surface area contributed by atoms with Crippen LogP contribution in [0.1, 0.15) is 22.6 Å². The van der Waals surface area contributed by atoms with Crippen molar-refractivity contribution in [2.45, 2.75) is 39.5 Å². The van der Waals surface area contributed by atoms with Crippen molar-refractivity contribution in [1.82, 2.24) is 14.1 Å². The normalized spacial score (nSPS) is 12.6. The number of benzene rings is 3. The molecule has 1 atom stereocenters. The van der Waals surface area contributed by atoms with Crippen molar-refractivity contribution in [3.05, 3.63) is 100 Å². The lowest BCUT2D eigenvalue weighted by molar-refractivity contribution is 0.135. The SMILES string of the molecule is Cc1c(C)n(C[C@H](O)Cn2c(Cc3ccccc3)nc3ccccc32)c2c(Cl)cccc12. The van der Waals surface area contributed by atoms with Crippen LogP contribution in [0.3, 0.4) is 0 Å². The average Bonchev–Trinajstić information content (AvgIpc) is 3.25. The van der Waals surface area contributed by atoms with Crippen molar-refractivity contribution >= 4 is 33.5 Å². The molecule has 5 rings (SSSR count). The lowest BCUT2D eigenvalue weighted by atomic mass is 10.1. The molecule has 32 heavy (non-hydrogen) atoms. The van der Waals surface area contributed by atoms with E-state index in [2.05, 4.69) is 47.2 Å². The monoisotopic (exact) mass is 443 g/mol. The van der Waals surface area contributed by atoms with Crippen LogP contribution in [0.4, 0.5) is 0 Å². The molecule has 0 aliphatic rings. The zero-order valence-corrected chi connectivity index (χ0v) is 19.0. The molecule has 2 aromatic heterocycles. The van der Waals surface area contributed by atoms with Crippen LogP contribution in [0.5, 0.6) is 0 Å². The quantitative estimate of drug-likeness (QED) is 0.354. The summed E-state index contributed by atoms with van der Waals surface area (Å²) in [4.78, 5) is 4.88. The molecule has 0 radical (unpaired) electrons. The van der Waals surface area contributed by atoms with Crippen molar-refractivity contribution < 1.29 is 5.11 Å². The molecule has 4 nitrogen and oxygen atoms in total. The Balaban J connectivity index is 1.49. The third-order valence-electron chi connectivity index (χ3n) is 6.33. The van der Waals surface area contributed by atoms with Gasteiger partial charge in [-0.25, -0.2) is 4.98 Å². The molecule has 5 heteroatoms. The fourth-order valence-electron chi connectivity index (χ4n) is 4.61. The lowest BCUT2D eigenvalue weighted by Crippen LogP contribution is -2.24. The zero-order valence-electron chi connectivity index (χ0n) is 18.3. The van der Waals surface area contributed by atoms with E-state index in [0.717, 1.165) is 39.9 Å².